The molecule has 0 bridgehead atoms. The molecule has 0 saturated heterocycles. The van der Waals surface area contributed by atoms with E-state index in [1.165, 1.54) is 0 Å². The van der Waals surface area contributed by atoms with Crippen LogP contribution in [0.1, 0.15) is 13.8 Å². The zero-order chi connectivity index (χ0) is 16.6. The number of aromatic nitrogens is 3. The zero-order valence-electron chi connectivity index (χ0n) is 12.5. The van der Waals surface area contributed by atoms with Gasteiger partial charge in [0, 0.05) is 6.20 Å². The third kappa shape index (κ3) is 2.89. The molecule has 0 unspecified atom stereocenters. The molecule has 0 aliphatic heterocycles. The van der Waals surface area contributed by atoms with Crippen LogP contribution in [0.2, 0.25) is 5.28 Å². The largest absolute Gasteiger partial charge is 0.346 e. The molecule has 0 spiro atoms. The van der Waals surface area contributed by atoms with E-state index in [-0.39, 0.29) is 10.2 Å². The first kappa shape index (κ1) is 15.8. The summed E-state index contributed by atoms with van der Waals surface area (Å²) in [5, 5.41) is 3.35. The van der Waals surface area contributed by atoms with Crippen molar-refractivity contribution in [1.82, 2.24) is 15.0 Å². The Morgan fingerprint density at radius 1 is 1.17 bits per heavy atom. The molecule has 0 radical (unpaired) electrons. The summed E-state index contributed by atoms with van der Waals surface area (Å²) in [4.78, 5) is 11.4. The number of fused-ring (bicyclic) bond motifs is 1. The maximum Gasteiger partial charge on any atom is 0.226 e. The molecule has 8 heteroatoms. The number of para-hydroxylation sites is 1. The van der Waals surface area contributed by atoms with Gasteiger partial charge in [-0.05, 0) is 43.6 Å². The van der Waals surface area contributed by atoms with Gasteiger partial charge in [0.2, 0.25) is 5.28 Å². The van der Waals surface area contributed by atoms with E-state index in [2.05, 4.69) is 20.3 Å². The summed E-state index contributed by atoms with van der Waals surface area (Å²) in [6, 6.07) is 8.53. The molecule has 3 rings (SSSR count). The Labute approximate surface area is 138 Å². The van der Waals surface area contributed by atoms with Crippen molar-refractivity contribution in [2.45, 2.75) is 24.0 Å². The lowest BCUT2D eigenvalue weighted by Gasteiger charge is -2.14. The maximum atomic E-state index is 12.5. The second kappa shape index (κ2) is 5.82. The van der Waals surface area contributed by atoms with Gasteiger partial charge in [-0.2, -0.15) is 9.97 Å². The molecule has 1 aromatic carbocycles. The molecule has 120 valence electrons. The Morgan fingerprint density at radius 3 is 2.65 bits per heavy atom. The average molecular weight is 351 g/mol. The van der Waals surface area contributed by atoms with Crippen LogP contribution in [0.15, 0.2) is 41.4 Å². The van der Waals surface area contributed by atoms with Crippen molar-refractivity contribution >= 4 is 44.0 Å². The van der Waals surface area contributed by atoms with Crippen LogP contribution in [-0.4, -0.2) is 28.6 Å². The number of aromatic amines is 1. The first-order valence-corrected chi connectivity index (χ1v) is 8.92. The summed E-state index contributed by atoms with van der Waals surface area (Å²) >= 11 is 5.93. The van der Waals surface area contributed by atoms with Gasteiger partial charge >= 0.3 is 0 Å². The Kier molecular flexibility index (Phi) is 3.99. The summed E-state index contributed by atoms with van der Waals surface area (Å²) in [7, 11) is -3.42. The Balaban J connectivity index is 2.12. The van der Waals surface area contributed by atoms with E-state index in [0.29, 0.717) is 17.2 Å². The Hall–Kier alpha value is -2.12. The predicted octanol–water partition coefficient (Wildman–Crippen LogP) is 3.54. The number of sulfone groups is 1. The number of halogens is 1. The summed E-state index contributed by atoms with van der Waals surface area (Å²) in [5.74, 6) is 0.452. The molecule has 6 nitrogen and oxygen atoms in total. The molecular formula is C15H15ClN4O2S. The van der Waals surface area contributed by atoms with Crippen molar-refractivity contribution < 1.29 is 8.42 Å². The van der Waals surface area contributed by atoms with Crippen LogP contribution in [0.25, 0.3) is 11.0 Å². The highest BCUT2D eigenvalue weighted by atomic mass is 35.5. The standard InChI is InChI=1S/C15H15ClN4O2S/c1-9(2)23(21,22)12-6-4-3-5-11(12)18-14-10-7-8-17-13(10)19-15(16)20-14/h3-9H,1-2H3,(H2,17,18,19,20). The molecule has 23 heavy (non-hydrogen) atoms. The smallest absolute Gasteiger partial charge is 0.226 e. The fraction of sp³-hybridized carbons (Fsp3) is 0.200. The summed E-state index contributed by atoms with van der Waals surface area (Å²) in [6.45, 7) is 3.30. The maximum absolute atomic E-state index is 12.5. The minimum atomic E-state index is -3.42. The Morgan fingerprint density at radius 2 is 1.91 bits per heavy atom. The molecule has 0 aliphatic carbocycles. The van der Waals surface area contributed by atoms with Gasteiger partial charge in [0.15, 0.2) is 9.84 Å². The average Bonchev–Trinajstić information content (AvgIpc) is 2.95. The quantitative estimate of drug-likeness (QED) is 0.703. The SMILES string of the molecule is CC(C)S(=O)(=O)c1ccccc1Nc1nc(Cl)nc2[nH]ccc12. The summed E-state index contributed by atoms with van der Waals surface area (Å²) < 4.78 is 25.0. The van der Waals surface area contributed by atoms with Gasteiger partial charge in [0.05, 0.1) is 21.2 Å². The van der Waals surface area contributed by atoms with Crippen LogP contribution < -0.4 is 5.32 Å². The fourth-order valence-corrected chi connectivity index (χ4v) is 3.58. The number of benzene rings is 1. The van der Waals surface area contributed by atoms with Crippen LogP contribution in [0.4, 0.5) is 11.5 Å². The topological polar surface area (TPSA) is 87.7 Å². The van der Waals surface area contributed by atoms with E-state index in [4.69, 9.17) is 11.6 Å². The van der Waals surface area contributed by atoms with Gasteiger partial charge < -0.3 is 10.3 Å². The minimum Gasteiger partial charge on any atom is -0.346 e. The van der Waals surface area contributed by atoms with E-state index in [0.717, 1.165) is 5.39 Å². The van der Waals surface area contributed by atoms with Gasteiger partial charge in [-0.3, -0.25) is 0 Å². The number of H-pyrrole nitrogens is 1. The molecule has 2 heterocycles. The molecule has 0 aliphatic rings. The normalized spacial score (nSPS) is 12.0. The molecule has 0 saturated carbocycles. The van der Waals surface area contributed by atoms with Gasteiger partial charge in [0.1, 0.15) is 11.5 Å². The van der Waals surface area contributed by atoms with E-state index >= 15 is 0 Å². The summed E-state index contributed by atoms with van der Waals surface area (Å²) in [6.07, 6.45) is 1.72. The lowest BCUT2D eigenvalue weighted by atomic mass is 10.3. The predicted molar refractivity (Wildman–Crippen MR) is 90.9 cm³/mol. The Bertz CT molecular complexity index is 967. The van der Waals surface area contributed by atoms with Gasteiger partial charge in [0.25, 0.3) is 0 Å². The van der Waals surface area contributed by atoms with Gasteiger partial charge in [-0.15, -0.1) is 0 Å². The van der Waals surface area contributed by atoms with Crippen LogP contribution in [0.3, 0.4) is 0 Å². The van der Waals surface area contributed by atoms with E-state index in [9.17, 15) is 8.42 Å². The number of nitrogens with zero attached hydrogens (tertiary/aromatic N) is 2. The van der Waals surface area contributed by atoms with Crippen molar-refractivity contribution in [2.24, 2.45) is 0 Å². The third-order valence-electron chi connectivity index (χ3n) is 3.46. The minimum absolute atomic E-state index is 0.0756. The lowest BCUT2D eigenvalue weighted by Crippen LogP contribution is -2.15. The first-order valence-electron chi connectivity index (χ1n) is 7.00. The van der Waals surface area contributed by atoms with Crippen LogP contribution in [-0.2, 0) is 9.84 Å². The number of hydrogen-bond donors (Lipinski definition) is 2. The second-order valence-electron chi connectivity index (χ2n) is 5.30. The number of anilines is 2. The lowest BCUT2D eigenvalue weighted by molar-refractivity contribution is 0.588. The number of nitrogens with one attached hydrogen (secondary N) is 2. The van der Waals surface area contributed by atoms with Crippen molar-refractivity contribution in [1.29, 1.82) is 0 Å². The van der Waals surface area contributed by atoms with E-state index < -0.39 is 15.1 Å². The van der Waals surface area contributed by atoms with Crippen LogP contribution in [0, 0.1) is 0 Å². The fourth-order valence-electron chi connectivity index (χ4n) is 2.21. The number of rotatable bonds is 4. The van der Waals surface area contributed by atoms with Crippen molar-refractivity contribution in [3.05, 3.63) is 41.8 Å². The highest BCUT2D eigenvalue weighted by Crippen LogP contribution is 2.30. The van der Waals surface area contributed by atoms with Crippen LogP contribution >= 0.6 is 11.6 Å². The molecule has 0 atom stereocenters. The van der Waals surface area contributed by atoms with Crippen molar-refractivity contribution in [2.75, 3.05) is 5.32 Å². The molecule has 3 aromatic rings. The number of hydrogen-bond acceptors (Lipinski definition) is 5. The van der Waals surface area contributed by atoms with Crippen LogP contribution in [0.5, 0.6) is 0 Å². The highest BCUT2D eigenvalue weighted by Gasteiger charge is 2.23. The van der Waals surface area contributed by atoms with Gasteiger partial charge in [-0.1, -0.05) is 12.1 Å². The molecule has 0 fully saturated rings. The molecule has 2 aromatic heterocycles. The molecule has 0 amide bonds. The van der Waals surface area contributed by atoms with Crippen molar-refractivity contribution in [3.8, 4) is 0 Å². The van der Waals surface area contributed by atoms with E-state index in [1.54, 1.807) is 50.4 Å². The zero-order valence-corrected chi connectivity index (χ0v) is 14.1. The van der Waals surface area contributed by atoms with Crippen molar-refractivity contribution in [3.63, 3.8) is 0 Å². The first-order chi connectivity index (χ1) is 10.9. The van der Waals surface area contributed by atoms with E-state index in [1.807, 2.05) is 0 Å². The van der Waals surface area contributed by atoms with Gasteiger partial charge in [-0.25, -0.2) is 8.42 Å². The second-order valence-corrected chi connectivity index (χ2v) is 8.11. The monoisotopic (exact) mass is 350 g/mol. The molecular weight excluding hydrogens is 336 g/mol. The summed E-state index contributed by atoms with van der Waals surface area (Å²) in [5.41, 5.74) is 1.04. The highest BCUT2D eigenvalue weighted by molar-refractivity contribution is 7.92. The third-order valence-corrected chi connectivity index (χ3v) is 5.83. The molecule has 2 N–H and O–H groups in total.